The van der Waals surface area contributed by atoms with E-state index in [-0.39, 0.29) is 22.1 Å². The molecule has 0 aliphatic carbocycles. The molecule has 0 unspecified atom stereocenters. The topological polar surface area (TPSA) is 114 Å². The van der Waals surface area contributed by atoms with Crippen LogP contribution in [0.5, 0.6) is 0 Å². The van der Waals surface area contributed by atoms with E-state index in [9.17, 15) is 13.2 Å². The number of nitrogens with zero attached hydrogens (tertiary/aromatic N) is 2. The Hall–Kier alpha value is -2.13. The van der Waals surface area contributed by atoms with Gasteiger partial charge >= 0.3 is 5.97 Å². The van der Waals surface area contributed by atoms with Crippen molar-refractivity contribution in [1.29, 1.82) is 0 Å². The number of para-hydroxylation sites is 2. The summed E-state index contributed by atoms with van der Waals surface area (Å²) in [5, 5.41) is 9.07. The van der Waals surface area contributed by atoms with Crippen LogP contribution in [0.4, 0.5) is 16.4 Å². The number of hydrogen-bond acceptors (Lipinski definition) is 6. The molecule has 2 aromatic rings. The molecule has 1 heterocycles. The van der Waals surface area contributed by atoms with E-state index in [1.165, 1.54) is 17.6 Å². The van der Waals surface area contributed by atoms with Crippen molar-refractivity contribution in [3.05, 3.63) is 35.5 Å². The number of aromatic nitrogens is 1. The molecule has 2 rings (SSSR count). The highest BCUT2D eigenvalue weighted by atomic mass is 32.2. The predicted molar refractivity (Wildman–Crippen MR) is 76.9 cm³/mol. The van der Waals surface area contributed by atoms with Gasteiger partial charge in [0.2, 0.25) is 10.0 Å². The van der Waals surface area contributed by atoms with Gasteiger partial charge in [0.05, 0.1) is 23.1 Å². The number of carbonyl (C=O) groups is 1. The highest BCUT2D eigenvalue weighted by Gasteiger charge is 2.28. The molecule has 3 N–H and O–H groups in total. The molecule has 0 saturated carbocycles. The first kappa shape index (κ1) is 14.3. The number of rotatable bonds is 4. The molecule has 0 amide bonds. The van der Waals surface area contributed by atoms with Crippen LogP contribution in [0.1, 0.15) is 10.5 Å². The van der Waals surface area contributed by atoms with Crippen LogP contribution in [0, 0.1) is 0 Å². The normalized spacial score (nSPS) is 11.2. The molecule has 1 aromatic carbocycles. The van der Waals surface area contributed by atoms with E-state index in [2.05, 4.69) is 4.98 Å². The maximum atomic E-state index is 12.0. The average molecular weight is 313 g/mol. The van der Waals surface area contributed by atoms with Gasteiger partial charge in [-0.2, -0.15) is 0 Å². The Morgan fingerprint density at radius 1 is 1.40 bits per heavy atom. The Balaban J connectivity index is 2.70. The van der Waals surface area contributed by atoms with Crippen molar-refractivity contribution in [3.63, 3.8) is 0 Å². The Kier molecular flexibility index (Phi) is 3.64. The summed E-state index contributed by atoms with van der Waals surface area (Å²) in [6, 6.07) is 6.31. The van der Waals surface area contributed by atoms with Crippen molar-refractivity contribution < 1.29 is 18.3 Å². The van der Waals surface area contributed by atoms with Crippen LogP contribution in [0.3, 0.4) is 0 Å². The molecule has 0 fully saturated rings. The summed E-state index contributed by atoms with van der Waals surface area (Å²) in [6.45, 7) is 0. The van der Waals surface area contributed by atoms with Crippen LogP contribution < -0.4 is 10.0 Å². The van der Waals surface area contributed by atoms with Gasteiger partial charge < -0.3 is 10.8 Å². The van der Waals surface area contributed by atoms with Gasteiger partial charge in [-0.3, -0.25) is 0 Å². The van der Waals surface area contributed by atoms with Gasteiger partial charge in [-0.05, 0) is 12.1 Å². The molecular formula is C11H11N3O4S2. The number of nitrogen functional groups attached to an aromatic ring is 1. The molecule has 0 aliphatic rings. The minimum atomic E-state index is -3.76. The second-order valence-corrected chi connectivity index (χ2v) is 6.56. The first-order valence-corrected chi connectivity index (χ1v) is 8.06. The molecule has 0 bridgehead atoms. The van der Waals surface area contributed by atoms with Crippen molar-refractivity contribution in [2.45, 2.75) is 0 Å². The highest BCUT2D eigenvalue weighted by molar-refractivity contribution is 7.92. The number of thiazole rings is 1. The lowest BCUT2D eigenvalue weighted by Crippen LogP contribution is -2.26. The molecule has 0 spiro atoms. The summed E-state index contributed by atoms with van der Waals surface area (Å²) in [5.41, 5.74) is 7.15. The van der Waals surface area contributed by atoms with Crippen LogP contribution in [-0.2, 0) is 10.0 Å². The summed E-state index contributed by atoms with van der Waals surface area (Å²) >= 11 is 0.916. The summed E-state index contributed by atoms with van der Waals surface area (Å²) in [5.74, 6) is -1.30. The van der Waals surface area contributed by atoms with Gasteiger partial charge in [0.15, 0.2) is 5.69 Å². The predicted octanol–water partition coefficient (Wildman–Crippen LogP) is 1.52. The van der Waals surface area contributed by atoms with Gasteiger partial charge in [-0.15, -0.1) is 11.3 Å². The third-order valence-electron chi connectivity index (χ3n) is 2.42. The molecular weight excluding hydrogens is 302 g/mol. The first-order chi connectivity index (χ1) is 9.32. The number of aromatic carboxylic acids is 1. The van der Waals surface area contributed by atoms with Gasteiger partial charge in [0.1, 0.15) is 5.00 Å². The summed E-state index contributed by atoms with van der Waals surface area (Å²) in [4.78, 5) is 14.8. The number of sulfonamides is 1. The summed E-state index contributed by atoms with van der Waals surface area (Å²) in [6.07, 6.45) is 0.977. The first-order valence-electron chi connectivity index (χ1n) is 5.34. The third kappa shape index (κ3) is 2.58. The maximum absolute atomic E-state index is 12.0. The molecule has 20 heavy (non-hydrogen) atoms. The molecule has 1 aromatic heterocycles. The highest BCUT2D eigenvalue weighted by Crippen LogP contribution is 2.37. The lowest BCUT2D eigenvalue weighted by Gasteiger charge is -2.22. The monoisotopic (exact) mass is 313 g/mol. The van der Waals surface area contributed by atoms with Crippen molar-refractivity contribution in [2.24, 2.45) is 0 Å². The quantitative estimate of drug-likeness (QED) is 0.827. The molecule has 106 valence electrons. The standard InChI is InChI=1S/C11H11N3O4S2/c1-20(17,18)14(8-5-3-2-4-7(8)12)10-9(11(15)16)13-6-19-10/h2-6H,12H2,1H3,(H,15,16). The number of carboxylic acid groups (broad SMARTS) is 1. The van der Waals surface area contributed by atoms with Crippen LogP contribution in [-0.4, -0.2) is 30.7 Å². The van der Waals surface area contributed by atoms with E-state index in [1.54, 1.807) is 12.1 Å². The second-order valence-electron chi connectivity index (χ2n) is 3.90. The molecule has 9 heteroatoms. The fourth-order valence-corrected chi connectivity index (χ4v) is 3.79. The van der Waals surface area contributed by atoms with Crippen LogP contribution in [0.15, 0.2) is 29.8 Å². The smallest absolute Gasteiger partial charge is 0.357 e. The largest absolute Gasteiger partial charge is 0.476 e. The lowest BCUT2D eigenvalue weighted by atomic mass is 10.2. The summed E-state index contributed by atoms with van der Waals surface area (Å²) < 4.78 is 24.9. The summed E-state index contributed by atoms with van der Waals surface area (Å²) in [7, 11) is -3.76. The Morgan fingerprint density at radius 3 is 2.60 bits per heavy atom. The Bertz CT molecular complexity index is 755. The van der Waals surface area contributed by atoms with Crippen LogP contribution in [0.2, 0.25) is 0 Å². The number of hydrogen-bond donors (Lipinski definition) is 2. The lowest BCUT2D eigenvalue weighted by molar-refractivity contribution is 0.0692. The molecule has 0 radical (unpaired) electrons. The Labute approximate surface area is 119 Å². The number of benzene rings is 1. The van der Waals surface area contributed by atoms with E-state index in [4.69, 9.17) is 10.8 Å². The van der Waals surface area contributed by atoms with Crippen LogP contribution in [0.25, 0.3) is 0 Å². The zero-order chi connectivity index (χ0) is 14.9. The van der Waals surface area contributed by atoms with Crippen LogP contribution >= 0.6 is 11.3 Å². The average Bonchev–Trinajstić information content (AvgIpc) is 2.79. The van der Waals surface area contributed by atoms with Gasteiger partial charge in [0.25, 0.3) is 0 Å². The SMILES string of the molecule is CS(=O)(=O)N(c1ccccc1N)c1scnc1C(=O)O. The van der Waals surface area contributed by atoms with E-state index in [1.807, 2.05) is 0 Å². The minimum absolute atomic E-state index is 0.00194. The van der Waals surface area contributed by atoms with Crippen molar-refractivity contribution >= 4 is 43.7 Å². The zero-order valence-corrected chi connectivity index (χ0v) is 12.0. The molecule has 0 aliphatic heterocycles. The van der Waals surface area contributed by atoms with E-state index < -0.39 is 16.0 Å². The fraction of sp³-hybridized carbons (Fsp3) is 0.0909. The minimum Gasteiger partial charge on any atom is -0.476 e. The Morgan fingerprint density at radius 2 is 2.05 bits per heavy atom. The van der Waals surface area contributed by atoms with Gasteiger partial charge in [-0.25, -0.2) is 22.5 Å². The second kappa shape index (κ2) is 5.10. The zero-order valence-electron chi connectivity index (χ0n) is 10.3. The van der Waals surface area contributed by atoms with Crippen molar-refractivity contribution in [2.75, 3.05) is 16.3 Å². The number of carboxylic acids is 1. The molecule has 7 nitrogen and oxygen atoms in total. The third-order valence-corrected chi connectivity index (χ3v) is 4.39. The molecule has 0 atom stereocenters. The fourth-order valence-electron chi connectivity index (χ4n) is 1.64. The van der Waals surface area contributed by atoms with Gasteiger partial charge in [0, 0.05) is 0 Å². The van der Waals surface area contributed by atoms with Gasteiger partial charge in [-0.1, -0.05) is 12.1 Å². The van der Waals surface area contributed by atoms with E-state index >= 15 is 0 Å². The van der Waals surface area contributed by atoms with Crippen molar-refractivity contribution in [3.8, 4) is 0 Å². The molecule has 0 saturated heterocycles. The maximum Gasteiger partial charge on any atom is 0.357 e. The van der Waals surface area contributed by atoms with E-state index in [0.29, 0.717) is 0 Å². The number of anilines is 3. The number of nitrogens with two attached hydrogens (primary N) is 1. The van der Waals surface area contributed by atoms with Crippen molar-refractivity contribution in [1.82, 2.24) is 4.98 Å². The van der Waals surface area contributed by atoms with E-state index in [0.717, 1.165) is 21.9 Å².